The summed E-state index contributed by atoms with van der Waals surface area (Å²) in [5.41, 5.74) is 8.75. The first-order valence-electron chi connectivity index (χ1n) is 9.96. The Bertz CT molecular complexity index is 1230. The minimum absolute atomic E-state index is 0.142. The number of carbonyl (C=O) groups excluding carboxylic acids is 2. The summed E-state index contributed by atoms with van der Waals surface area (Å²) in [6, 6.07) is 23.7. The predicted molar refractivity (Wildman–Crippen MR) is 121 cm³/mol. The number of amides is 1. The lowest BCUT2D eigenvalue weighted by molar-refractivity contribution is -0.116. The molecule has 0 aliphatic rings. The number of nitrogen functional groups attached to an aromatic ring is 1. The van der Waals surface area contributed by atoms with Crippen LogP contribution in [-0.4, -0.2) is 27.1 Å². The number of ketones is 1. The summed E-state index contributed by atoms with van der Waals surface area (Å²) in [4.78, 5) is 30.4. The van der Waals surface area contributed by atoms with Crippen LogP contribution in [0.3, 0.4) is 0 Å². The standard InChI is InChI=1S/C25H22N4O2/c26-25-23(29-16-8-7-13-21(29)28-25)24(31)20(17-19-11-5-2-6-12-19)27-22(30)15-14-18-9-3-1-4-10-18/h1-16,20H,17,26H2,(H,27,30)/b15-14+/t20-/m0/s1. The van der Waals surface area contributed by atoms with Crippen molar-refractivity contribution < 1.29 is 9.59 Å². The molecule has 2 aromatic carbocycles. The van der Waals surface area contributed by atoms with Gasteiger partial charge in [-0.2, -0.15) is 0 Å². The number of Topliss-reactive ketones (excluding diaryl/α,β-unsaturated/α-hetero) is 1. The molecule has 0 aliphatic heterocycles. The van der Waals surface area contributed by atoms with Crippen LogP contribution in [0, 0.1) is 0 Å². The average molecular weight is 410 g/mol. The highest BCUT2D eigenvalue weighted by atomic mass is 16.2. The lowest BCUT2D eigenvalue weighted by atomic mass is 10.00. The van der Waals surface area contributed by atoms with Gasteiger partial charge in [0.15, 0.2) is 5.82 Å². The van der Waals surface area contributed by atoms with Crippen LogP contribution >= 0.6 is 0 Å². The van der Waals surface area contributed by atoms with Crippen LogP contribution < -0.4 is 11.1 Å². The summed E-state index contributed by atoms with van der Waals surface area (Å²) in [6.07, 6.45) is 5.22. The number of aromatic nitrogens is 2. The second-order valence-corrected chi connectivity index (χ2v) is 7.13. The molecule has 4 aromatic rings. The molecule has 0 radical (unpaired) electrons. The molecule has 2 heterocycles. The molecule has 154 valence electrons. The number of nitrogens with one attached hydrogen (secondary N) is 1. The van der Waals surface area contributed by atoms with Crippen molar-refractivity contribution in [3.63, 3.8) is 0 Å². The van der Waals surface area contributed by atoms with Gasteiger partial charge in [0.1, 0.15) is 11.3 Å². The van der Waals surface area contributed by atoms with Crippen molar-refractivity contribution in [2.24, 2.45) is 0 Å². The Labute approximate surface area is 180 Å². The fraction of sp³-hybridized carbons (Fsp3) is 0.0800. The van der Waals surface area contributed by atoms with Gasteiger partial charge in [0, 0.05) is 18.7 Å². The third-order valence-electron chi connectivity index (χ3n) is 4.93. The quantitative estimate of drug-likeness (QED) is 0.360. The number of imidazole rings is 1. The van der Waals surface area contributed by atoms with Crippen molar-refractivity contribution in [3.8, 4) is 0 Å². The summed E-state index contributed by atoms with van der Waals surface area (Å²) < 4.78 is 1.65. The molecule has 0 aliphatic carbocycles. The first-order valence-corrected chi connectivity index (χ1v) is 9.96. The molecule has 0 saturated carbocycles. The van der Waals surface area contributed by atoms with E-state index in [-0.39, 0.29) is 23.2 Å². The molecule has 0 saturated heterocycles. The predicted octanol–water partition coefficient (Wildman–Crippen LogP) is 3.54. The molecule has 31 heavy (non-hydrogen) atoms. The van der Waals surface area contributed by atoms with Crippen molar-refractivity contribution in [2.45, 2.75) is 12.5 Å². The molecule has 1 amide bonds. The van der Waals surface area contributed by atoms with Gasteiger partial charge in [-0.05, 0) is 29.3 Å². The Balaban J connectivity index is 1.62. The van der Waals surface area contributed by atoms with Crippen LogP contribution in [0.1, 0.15) is 21.6 Å². The van der Waals surface area contributed by atoms with E-state index in [0.717, 1.165) is 11.1 Å². The van der Waals surface area contributed by atoms with Crippen molar-refractivity contribution >= 4 is 29.2 Å². The second kappa shape index (κ2) is 9.09. The number of hydrogen-bond acceptors (Lipinski definition) is 4. The summed E-state index contributed by atoms with van der Waals surface area (Å²) in [7, 11) is 0. The van der Waals surface area contributed by atoms with Gasteiger partial charge >= 0.3 is 0 Å². The number of fused-ring (bicyclic) bond motifs is 1. The van der Waals surface area contributed by atoms with E-state index in [0.29, 0.717) is 12.1 Å². The number of nitrogens with zero attached hydrogens (tertiary/aromatic N) is 2. The molecule has 0 spiro atoms. The maximum absolute atomic E-state index is 13.5. The zero-order chi connectivity index (χ0) is 21.6. The average Bonchev–Trinajstić information content (AvgIpc) is 3.14. The maximum Gasteiger partial charge on any atom is 0.244 e. The molecular weight excluding hydrogens is 388 g/mol. The molecule has 0 bridgehead atoms. The molecule has 6 heteroatoms. The molecule has 3 N–H and O–H groups in total. The summed E-state index contributed by atoms with van der Waals surface area (Å²) in [5.74, 6) is -0.504. The molecule has 6 nitrogen and oxygen atoms in total. The molecule has 4 rings (SSSR count). The topological polar surface area (TPSA) is 89.5 Å². The third kappa shape index (κ3) is 4.70. The van der Waals surface area contributed by atoms with E-state index in [1.54, 1.807) is 28.8 Å². The lowest BCUT2D eigenvalue weighted by Crippen LogP contribution is -2.42. The van der Waals surface area contributed by atoms with E-state index < -0.39 is 6.04 Å². The van der Waals surface area contributed by atoms with E-state index in [1.807, 2.05) is 66.7 Å². The Morgan fingerprint density at radius 3 is 2.39 bits per heavy atom. The fourth-order valence-electron chi connectivity index (χ4n) is 3.44. The van der Waals surface area contributed by atoms with E-state index in [9.17, 15) is 9.59 Å². The van der Waals surface area contributed by atoms with E-state index >= 15 is 0 Å². The van der Waals surface area contributed by atoms with Crippen LogP contribution in [-0.2, 0) is 11.2 Å². The largest absolute Gasteiger partial charge is 0.382 e. The van der Waals surface area contributed by atoms with E-state index in [1.165, 1.54) is 6.08 Å². The van der Waals surface area contributed by atoms with Crippen LogP contribution in [0.4, 0.5) is 5.82 Å². The van der Waals surface area contributed by atoms with Crippen molar-refractivity contribution in [2.75, 3.05) is 5.73 Å². The molecule has 2 aromatic heterocycles. The SMILES string of the molecule is Nc1nc2ccccn2c1C(=O)[C@H](Cc1ccccc1)NC(=O)/C=C/c1ccccc1. The van der Waals surface area contributed by atoms with E-state index in [4.69, 9.17) is 5.73 Å². The van der Waals surface area contributed by atoms with Crippen molar-refractivity contribution in [1.29, 1.82) is 0 Å². The van der Waals surface area contributed by atoms with Gasteiger partial charge < -0.3 is 11.1 Å². The van der Waals surface area contributed by atoms with Gasteiger partial charge in [-0.15, -0.1) is 0 Å². The summed E-state index contributed by atoms with van der Waals surface area (Å²) >= 11 is 0. The summed E-state index contributed by atoms with van der Waals surface area (Å²) in [6.45, 7) is 0. The minimum Gasteiger partial charge on any atom is -0.382 e. The van der Waals surface area contributed by atoms with Gasteiger partial charge in [0.25, 0.3) is 0 Å². The van der Waals surface area contributed by atoms with Crippen LogP contribution in [0.5, 0.6) is 0 Å². The monoisotopic (exact) mass is 410 g/mol. The molecule has 0 fully saturated rings. The molecular formula is C25H22N4O2. The summed E-state index contributed by atoms with van der Waals surface area (Å²) in [5, 5.41) is 2.84. The van der Waals surface area contributed by atoms with Crippen LogP contribution in [0.2, 0.25) is 0 Å². The number of hydrogen-bond donors (Lipinski definition) is 2. The van der Waals surface area contributed by atoms with Crippen LogP contribution in [0.25, 0.3) is 11.7 Å². The normalized spacial score (nSPS) is 12.1. The Morgan fingerprint density at radius 2 is 1.65 bits per heavy atom. The van der Waals surface area contributed by atoms with Crippen LogP contribution in [0.15, 0.2) is 91.1 Å². The number of pyridine rings is 1. The Hall–Kier alpha value is -4.19. The fourth-order valence-corrected chi connectivity index (χ4v) is 3.44. The van der Waals surface area contributed by atoms with Gasteiger partial charge in [-0.1, -0.05) is 66.7 Å². The van der Waals surface area contributed by atoms with Crippen molar-refractivity contribution in [1.82, 2.24) is 14.7 Å². The highest BCUT2D eigenvalue weighted by molar-refractivity contribution is 6.06. The highest BCUT2D eigenvalue weighted by Gasteiger charge is 2.27. The first-order chi connectivity index (χ1) is 15.1. The Kier molecular flexibility index (Phi) is 5.89. The van der Waals surface area contributed by atoms with Gasteiger partial charge in [-0.3, -0.25) is 14.0 Å². The number of rotatable bonds is 7. The Morgan fingerprint density at radius 1 is 0.968 bits per heavy atom. The first kappa shape index (κ1) is 20.1. The highest BCUT2D eigenvalue weighted by Crippen LogP contribution is 2.18. The smallest absolute Gasteiger partial charge is 0.244 e. The number of anilines is 1. The zero-order valence-corrected chi connectivity index (χ0v) is 16.8. The second-order valence-electron chi connectivity index (χ2n) is 7.13. The minimum atomic E-state index is -0.794. The lowest BCUT2D eigenvalue weighted by Gasteiger charge is -2.17. The zero-order valence-electron chi connectivity index (χ0n) is 16.8. The van der Waals surface area contributed by atoms with Gasteiger partial charge in [0.2, 0.25) is 11.7 Å². The number of nitrogens with two attached hydrogens (primary N) is 1. The van der Waals surface area contributed by atoms with E-state index in [2.05, 4.69) is 10.3 Å². The molecule has 0 unspecified atom stereocenters. The molecule has 1 atom stereocenters. The van der Waals surface area contributed by atoms with Gasteiger partial charge in [-0.25, -0.2) is 4.98 Å². The third-order valence-corrected chi connectivity index (χ3v) is 4.93. The maximum atomic E-state index is 13.5. The number of benzene rings is 2. The van der Waals surface area contributed by atoms with Crippen molar-refractivity contribution in [3.05, 3.63) is 108 Å². The van der Waals surface area contributed by atoms with Gasteiger partial charge in [0.05, 0.1) is 6.04 Å². The number of carbonyl (C=O) groups is 2.